The molecule has 1 fully saturated rings. The number of fused-ring (bicyclic) bond motifs is 2. The first-order chi connectivity index (χ1) is 25.8. The third kappa shape index (κ3) is 8.59. The summed E-state index contributed by atoms with van der Waals surface area (Å²) in [4.78, 5) is 50.9. The number of carbonyl (C=O) groups is 3. The minimum absolute atomic E-state index is 0.0591. The van der Waals surface area contributed by atoms with Crippen molar-refractivity contribution in [2.45, 2.75) is 63.5 Å². The van der Waals surface area contributed by atoms with Crippen LogP contribution in [0.15, 0.2) is 60.8 Å². The van der Waals surface area contributed by atoms with Gasteiger partial charge < -0.3 is 24.8 Å². The molecule has 4 aromatic rings. The molecule has 3 aromatic heterocycles. The maximum atomic E-state index is 13.6. The van der Waals surface area contributed by atoms with E-state index in [0.717, 1.165) is 31.9 Å². The molecule has 54 heavy (non-hydrogen) atoms. The molecule has 4 heterocycles. The second kappa shape index (κ2) is 16.0. The van der Waals surface area contributed by atoms with Gasteiger partial charge in [-0.1, -0.05) is 58.9 Å². The van der Waals surface area contributed by atoms with E-state index in [4.69, 9.17) is 14.2 Å². The maximum absolute atomic E-state index is 13.6. The van der Waals surface area contributed by atoms with Crippen molar-refractivity contribution in [2.24, 2.45) is 0 Å². The number of anilines is 1. The highest BCUT2D eigenvalue weighted by Crippen LogP contribution is 2.37. The molecule has 1 saturated heterocycles. The van der Waals surface area contributed by atoms with Crippen LogP contribution in [0.5, 0.6) is 5.75 Å². The first kappa shape index (κ1) is 38.5. The van der Waals surface area contributed by atoms with Crippen molar-refractivity contribution < 1.29 is 28.6 Å². The van der Waals surface area contributed by atoms with Crippen molar-refractivity contribution >= 4 is 29.7 Å². The molecule has 0 unspecified atom stereocenters. The summed E-state index contributed by atoms with van der Waals surface area (Å²) >= 11 is 0. The van der Waals surface area contributed by atoms with Gasteiger partial charge in [0.05, 0.1) is 31.7 Å². The first-order valence-electron chi connectivity index (χ1n) is 18.1. The fourth-order valence-electron chi connectivity index (χ4n) is 6.61. The average molecular weight is 740 g/mol. The summed E-state index contributed by atoms with van der Waals surface area (Å²) in [6.07, 6.45) is 6.06. The average Bonchev–Trinajstić information content (AvgIpc) is 3.59. The van der Waals surface area contributed by atoms with Crippen LogP contribution in [0.3, 0.4) is 0 Å². The van der Waals surface area contributed by atoms with Gasteiger partial charge in [0, 0.05) is 49.2 Å². The highest BCUT2D eigenvalue weighted by Gasteiger charge is 2.39. The summed E-state index contributed by atoms with van der Waals surface area (Å²) in [7, 11) is 1.65. The largest absolute Gasteiger partial charge is 0.480 e. The van der Waals surface area contributed by atoms with Crippen molar-refractivity contribution in [1.29, 1.82) is 0 Å². The minimum Gasteiger partial charge on any atom is -0.480 e. The van der Waals surface area contributed by atoms with E-state index < -0.39 is 34.4 Å². The zero-order chi connectivity index (χ0) is 38.5. The second-order valence-corrected chi connectivity index (χ2v) is 15.3. The van der Waals surface area contributed by atoms with Gasteiger partial charge in [-0.15, -0.1) is 10.2 Å². The molecule has 2 aliphatic rings. The van der Waals surface area contributed by atoms with Crippen LogP contribution < -0.4 is 20.7 Å². The van der Waals surface area contributed by atoms with Crippen molar-refractivity contribution in [2.75, 3.05) is 58.4 Å². The first-order valence-corrected chi connectivity index (χ1v) is 18.1. The number of nitrogens with one attached hydrogen (secondary N) is 3. The molecular weight excluding hydrogens is 690 g/mol. The van der Waals surface area contributed by atoms with Crippen molar-refractivity contribution in [3.05, 3.63) is 89.3 Å². The molecule has 6 rings (SSSR count). The molecule has 286 valence electrons. The summed E-state index contributed by atoms with van der Waals surface area (Å²) in [6, 6.07) is 11.9. The number of aldehydes is 1. The number of pyridine rings is 1. The zero-order valence-corrected chi connectivity index (χ0v) is 31.7. The summed E-state index contributed by atoms with van der Waals surface area (Å²) in [5, 5.41) is 17.2. The molecule has 3 amide bonds. The highest BCUT2D eigenvalue weighted by atomic mass is 16.5. The number of morpholine rings is 1. The maximum Gasteiger partial charge on any atom is 0.321 e. The van der Waals surface area contributed by atoms with Gasteiger partial charge in [0.2, 0.25) is 5.82 Å². The summed E-state index contributed by atoms with van der Waals surface area (Å²) in [5.74, 6) is 0.908. The van der Waals surface area contributed by atoms with Crippen molar-refractivity contribution in [1.82, 2.24) is 40.1 Å². The lowest BCUT2D eigenvalue weighted by atomic mass is 9.81. The van der Waals surface area contributed by atoms with E-state index in [9.17, 15) is 14.4 Å². The minimum atomic E-state index is -1.52. The van der Waals surface area contributed by atoms with Crippen LogP contribution in [0.2, 0.25) is 0 Å². The molecule has 0 saturated carbocycles. The van der Waals surface area contributed by atoms with Gasteiger partial charge in [-0.3, -0.25) is 24.2 Å². The zero-order valence-electron chi connectivity index (χ0n) is 31.7. The van der Waals surface area contributed by atoms with E-state index in [0.29, 0.717) is 60.9 Å². The normalized spacial score (nSPS) is 18.9. The van der Waals surface area contributed by atoms with Gasteiger partial charge in [0.25, 0.3) is 5.91 Å². The molecule has 1 aliphatic heterocycles. The SMILES string of the molecule is COCC(C)(C)c1nnc2ccc(O[C@@H]3C=C[C@](C=O)(NC(=O)Nc4cc(C(C)(C)C)nc(C(=O)NCCCN5CCOCC5)n4)c4ccccc43)cn12. The Morgan fingerprint density at radius 3 is 2.57 bits per heavy atom. The van der Waals surface area contributed by atoms with Crippen LogP contribution in [0.4, 0.5) is 10.6 Å². The van der Waals surface area contributed by atoms with Crippen LogP contribution in [0.1, 0.15) is 80.4 Å². The molecule has 0 bridgehead atoms. The number of rotatable bonds is 13. The number of aromatic nitrogens is 5. The molecule has 0 spiro atoms. The second-order valence-electron chi connectivity index (χ2n) is 15.3. The number of carbonyl (C=O) groups excluding carboxylic acids is 3. The number of ether oxygens (including phenoxy) is 3. The number of methoxy groups -OCH3 is 1. The van der Waals surface area contributed by atoms with Gasteiger partial charge in [0.1, 0.15) is 29.0 Å². The Balaban J connectivity index is 1.18. The van der Waals surface area contributed by atoms with Gasteiger partial charge in [-0.2, -0.15) is 0 Å². The molecule has 1 aliphatic carbocycles. The molecule has 0 radical (unpaired) electrons. The summed E-state index contributed by atoms with van der Waals surface area (Å²) in [6.45, 7) is 14.9. The molecule has 3 N–H and O–H groups in total. The Hall–Kier alpha value is -5.25. The third-order valence-electron chi connectivity index (χ3n) is 9.48. The quantitative estimate of drug-likeness (QED) is 0.102. The standard InChI is InChI=1S/C39H49N9O6/c1-37(2,3)30-22-31(42-33(41-30)34(50)40-16-9-17-47-18-20-53-21-19-47)43-36(51)44-39(24-49)15-14-29(27-10-7-8-11-28(27)39)54-26-12-13-32-45-46-35(48(32)23-26)38(4,5)25-52-6/h7-8,10-15,22-24,29H,9,16-21,25H2,1-6H3,(H,40,50)(H2,41,42,43,44,51)/t29-,39-/m1/s1. The molecule has 15 heteroatoms. The smallest absolute Gasteiger partial charge is 0.321 e. The monoisotopic (exact) mass is 739 g/mol. The van der Waals surface area contributed by atoms with Gasteiger partial charge >= 0.3 is 6.03 Å². The Kier molecular flexibility index (Phi) is 11.4. The Labute approximate surface area is 314 Å². The lowest BCUT2D eigenvalue weighted by molar-refractivity contribution is -0.111. The van der Waals surface area contributed by atoms with Crippen LogP contribution in [-0.4, -0.2) is 101 Å². The molecule has 1 aromatic carbocycles. The Morgan fingerprint density at radius 2 is 1.83 bits per heavy atom. The van der Waals surface area contributed by atoms with Crippen LogP contribution in [0.25, 0.3) is 5.65 Å². The lowest BCUT2D eigenvalue weighted by Gasteiger charge is -2.34. The predicted octanol–water partition coefficient (Wildman–Crippen LogP) is 4.10. The lowest BCUT2D eigenvalue weighted by Crippen LogP contribution is -2.49. The van der Waals surface area contributed by atoms with E-state index in [2.05, 4.69) is 41.0 Å². The highest BCUT2D eigenvalue weighted by molar-refractivity contribution is 5.94. The number of nitrogens with zero attached hydrogens (tertiary/aromatic N) is 6. The number of amides is 3. The Morgan fingerprint density at radius 1 is 1.06 bits per heavy atom. The molecule has 15 nitrogen and oxygen atoms in total. The van der Waals surface area contributed by atoms with Gasteiger partial charge in [-0.05, 0) is 42.8 Å². The molecular formula is C39H49N9O6. The van der Waals surface area contributed by atoms with Gasteiger partial charge in [-0.25, -0.2) is 14.8 Å². The van der Waals surface area contributed by atoms with Crippen LogP contribution in [0, 0.1) is 0 Å². The number of hydrogen-bond donors (Lipinski definition) is 3. The van der Waals surface area contributed by atoms with Gasteiger partial charge in [0.15, 0.2) is 11.9 Å². The summed E-state index contributed by atoms with van der Waals surface area (Å²) in [5.41, 5.74) is 0.103. The number of urea groups is 1. The van der Waals surface area contributed by atoms with Crippen molar-refractivity contribution in [3.63, 3.8) is 0 Å². The predicted molar refractivity (Wildman–Crippen MR) is 202 cm³/mol. The fraction of sp³-hybridized carbons (Fsp3) is 0.462. The molecule has 2 atom stereocenters. The van der Waals surface area contributed by atoms with Crippen molar-refractivity contribution in [3.8, 4) is 5.75 Å². The van der Waals surface area contributed by atoms with Crippen LogP contribution in [-0.2, 0) is 30.6 Å². The van der Waals surface area contributed by atoms with E-state index >= 15 is 0 Å². The topological polar surface area (TPSA) is 174 Å². The number of benzene rings is 1. The van der Waals surface area contributed by atoms with E-state index in [1.807, 2.05) is 69.5 Å². The van der Waals surface area contributed by atoms with E-state index in [-0.39, 0.29) is 11.6 Å². The van der Waals surface area contributed by atoms with E-state index in [1.54, 1.807) is 37.5 Å². The van der Waals surface area contributed by atoms with E-state index in [1.165, 1.54) is 0 Å². The van der Waals surface area contributed by atoms with Crippen LogP contribution >= 0.6 is 0 Å². The number of hydrogen-bond acceptors (Lipinski definition) is 11. The summed E-state index contributed by atoms with van der Waals surface area (Å²) < 4.78 is 19.2. The Bertz CT molecular complexity index is 2020. The fourth-order valence-corrected chi connectivity index (χ4v) is 6.61. The third-order valence-corrected chi connectivity index (χ3v) is 9.48.